The SMILES string of the molecule is C#Cc1cccc2nc(N)nn12. The normalized spacial score (nSPS) is 9.92. The van der Waals surface area contributed by atoms with Gasteiger partial charge in [0.1, 0.15) is 5.69 Å². The standard InChI is InChI=1S/C8H6N4/c1-2-6-4-3-5-7-10-8(9)11-12(6)7/h1,3-5H,(H2,9,11). The van der Waals surface area contributed by atoms with Gasteiger partial charge in [-0.05, 0) is 12.1 Å². The Morgan fingerprint density at radius 2 is 2.33 bits per heavy atom. The van der Waals surface area contributed by atoms with Gasteiger partial charge < -0.3 is 5.73 Å². The Morgan fingerprint density at radius 3 is 3.08 bits per heavy atom. The first-order valence-electron chi connectivity index (χ1n) is 3.39. The zero-order valence-electron chi connectivity index (χ0n) is 6.23. The van der Waals surface area contributed by atoms with Crippen molar-refractivity contribution in [2.45, 2.75) is 0 Å². The van der Waals surface area contributed by atoms with Crippen LogP contribution in [0.15, 0.2) is 18.2 Å². The van der Waals surface area contributed by atoms with E-state index in [-0.39, 0.29) is 5.95 Å². The van der Waals surface area contributed by atoms with E-state index >= 15 is 0 Å². The minimum absolute atomic E-state index is 0.234. The Hall–Kier alpha value is -2.02. The molecule has 0 fully saturated rings. The van der Waals surface area contributed by atoms with Crippen molar-refractivity contribution in [3.8, 4) is 12.3 Å². The maximum atomic E-state index is 5.40. The minimum atomic E-state index is 0.234. The number of nitrogens with zero attached hydrogens (tertiary/aromatic N) is 3. The molecule has 0 saturated heterocycles. The summed E-state index contributed by atoms with van der Waals surface area (Å²) >= 11 is 0. The van der Waals surface area contributed by atoms with Gasteiger partial charge in [-0.1, -0.05) is 12.0 Å². The van der Waals surface area contributed by atoms with Gasteiger partial charge in [0.15, 0.2) is 5.65 Å². The fourth-order valence-corrected chi connectivity index (χ4v) is 1.03. The second kappa shape index (κ2) is 2.24. The van der Waals surface area contributed by atoms with Gasteiger partial charge in [-0.15, -0.1) is 11.5 Å². The van der Waals surface area contributed by atoms with Gasteiger partial charge >= 0.3 is 0 Å². The van der Waals surface area contributed by atoms with Gasteiger partial charge in [0.05, 0.1) is 0 Å². The summed E-state index contributed by atoms with van der Waals surface area (Å²) in [5.41, 5.74) is 6.72. The second-order valence-corrected chi connectivity index (χ2v) is 2.30. The van der Waals surface area contributed by atoms with Crippen molar-refractivity contribution in [3.63, 3.8) is 0 Å². The van der Waals surface area contributed by atoms with Crippen molar-refractivity contribution in [1.82, 2.24) is 14.6 Å². The van der Waals surface area contributed by atoms with Crippen LogP contribution in [0, 0.1) is 12.3 Å². The number of fused-ring (bicyclic) bond motifs is 1. The number of hydrogen-bond acceptors (Lipinski definition) is 3. The van der Waals surface area contributed by atoms with E-state index in [1.54, 1.807) is 12.1 Å². The van der Waals surface area contributed by atoms with E-state index in [1.807, 2.05) is 6.07 Å². The molecule has 2 rings (SSSR count). The quantitative estimate of drug-likeness (QED) is 0.561. The Bertz CT molecular complexity index is 463. The van der Waals surface area contributed by atoms with E-state index in [0.29, 0.717) is 11.3 Å². The van der Waals surface area contributed by atoms with E-state index in [0.717, 1.165) is 0 Å². The van der Waals surface area contributed by atoms with Crippen LogP contribution in [0.5, 0.6) is 0 Å². The van der Waals surface area contributed by atoms with Crippen LogP contribution in [0.1, 0.15) is 5.69 Å². The molecule has 4 nitrogen and oxygen atoms in total. The monoisotopic (exact) mass is 158 g/mol. The summed E-state index contributed by atoms with van der Waals surface area (Å²) in [5, 5.41) is 3.92. The summed E-state index contributed by atoms with van der Waals surface area (Å²) in [7, 11) is 0. The maximum Gasteiger partial charge on any atom is 0.240 e. The maximum absolute atomic E-state index is 5.40. The topological polar surface area (TPSA) is 56.2 Å². The van der Waals surface area contributed by atoms with Crippen LogP contribution in [0.2, 0.25) is 0 Å². The van der Waals surface area contributed by atoms with Crippen LogP contribution >= 0.6 is 0 Å². The number of rotatable bonds is 0. The lowest BCUT2D eigenvalue weighted by Gasteiger charge is -1.92. The fraction of sp³-hybridized carbons (Fsp3) is 0. The number of hydrogen-bond donors (Lipinski definition) is 1. The van der Waals surface area contributed by atoms with E-state index in [1.165, 1.54) is 4.52 Å². The first kappa shape index (κ1) is 6.68. The Kier molecular flexibility index (Phi) is 1.25. The van der Waals surface area contributed by atoms with Gasteiger partial charge in [0, 0.05) is 0 Å². The summed E-state index contributed by atoms with van der Waals surface area (Å²) in [5.74, 6) is 2.72. The molecule has 2 aromatic rings. The average Bonchev–Trinajstić information content (AvgIpc) is 2.44. The number of pyridine rings is 1. The summed E-state index contributed by atoms with van der Waals surface area (Å²) in [6.07, 6.45) is 5.25. The first-order valence-corrected chi connectivity index (χ1v) is 3.39. The van der Waals surface area contributed by atoms with Gasteiger partial charge in [-0.3, -0.25) is 0 Å². The van der Waals surface area contributed by atoms with E-state index in [2.05, 4.69) is 16.0 Å². The summed E-state index contributed by atoms with van der Waals surface area (Å²) in [4.78, 5) is 3.96. The van der Waals surface area contributed by atoms with Crippen LogP contribution in [-0.4, -0.2) is 14.6 Å². The molecule has 2 aromatic heterocycles. The molecule has 0 radical (unpaired) electrons. The van der Waals surface area contributed by atoms with Crippen LogP contribution in [0.3, 0.4) is 0 Å². The van der Waals surface area contributed by atoms with E-state index in [9.17, 15) is 0 Å². The smallest absolute Gasteiger partial charge is 0.240 e. The van der Waals surface area contributed by atoms with Gasteiger partial charge in [-0.25, -0.2) is 4.52 Å². The molecule has 58 valence electrons. The average molecular weight is 158 g/mol. The predicted octanol–water partition coefficient (Wildman–Crippen LogP) is 0.293. The first-order chi connectivity index (χ1) is 5.81. The molecule has 0 aliphatic rings. The molecule has 12 heavy (non-hydrogen) atoms. The van der Waals surface area contributed by atoms with E-state index in [4.69, 9.17) is 12.2 Å². The number of terminal acetylenes is 1. The molecule has 0 atom stereocenters. The Morgan fingerprint density at radius 1 is 1.50 bits per heavy atom. The molecule has 0 spiro atoms. The number of anilines is 1. The molecule has 0 aromatic carbocycles. The summed E-state index contributed by atoms with van der Waals surface area (Å²) < 4.78 is 1.54. The van der Waals surface area contributed by atoms with Crippen molar-refractivity contribution in [2.24, 2.45) is 0 Å². The molecule has 0 saturated carbocycles. The largest absolute Gasteiger partial charge is 0.366 e. The zero-order valence-corrected chi connectivity index (χ0v) is 6.23. The zero-order chi connectivity index (χ0) is 8.55. The fourth-order valence-electron chi connectivity index (χ4n) is 1.03. The molecule has 0 aliphatic carbocycles. The molecule has 0 amide bonds. The molecule has 2 heterocycles. The Labute approximate surface area is 69.0 Å². The van der Waals surface area contributed by atoms with E-state index < -0.39 is 0 Å². The van der Waals surface area contributed by atoms with Crippen molar-refractivity contribution >= 4 is 11.6 Å². The lowest BCUT2D eigenvalue weighted by molar-refractivity contribution is 0.951. The highest BCUT2D eigenvalue weighted by Crippen LogP contribution is 2.04. The lowest BCUT2D eigenvalue weighted by atomic mass is 10.3. The van der Waals surface area contributed by atoms with Crippen LogP contribution in [0.25, 0.3) is 5.65 Å². The third-order valence-electron chi connectivity index (χ3n) is 1.52. The highest BCUT2D eigenvalue weighted by Gasteiger charge is 2.00. The van der Waals surface area contributed by atoms with Crippen molar-refractivity contribution in [1.29, 1.82) is 0 Å². The minimum Gasteiger partial charge on any atom is -0.366 e. The molecule has 2 N–H and O–H groups in total. The predicted molar refractivity (Wildman–Crippen MR) is 45.3 cm³/mol. The summed E-state index contributed by atoms with van der Waals surface area (Å²) in [6, 6.07) is 5.39. The van der Waals surface area contributed by atoms with Crippen molar-refractivity contribution in [2.75, 3.05) is 5.73 Å². The van der Waals surface area contributed by atoms with Crippen LogP contribution in [-0.2, 0) is 0 Å². The lowest BCUT2D eigenvalue weighted by Crippen LogP contribution is -1.93. The van der Waals surface area contributed by atoms with Crippen LogP contribution in [0.4, 0.5) is 5.95 Å². The number of nitrogen functional groups attached to an aromatic ring is 1. The third kappa shape index (κ3) is 0.805. The highest BCUT2D eigenvalue weighted by molar-refractivity contribution is 5.45. The van der Waals surface area contributed by atoms with Crippen LogP contribution < -0.4 is 5.73 Å². The molecular weight excluding hydrogens is 152 g/mol. The van der Waals surface area contributed by atoms with Crippen molar-refractivity contribution < 1.29 is 0 Å². The van der Waals surface area contributed by atoms with Gasteiger partial charge in [0.2, 0.25) is 5.95 Å². The molecule has 0 aliphatic heterocycles. The molecular formula is C8H6N4. The van der Waals surface area contributed by atoms with Gasteiger partial charge in [-0.2, -0.15) is 4.98 Å². The third-order valence-corrected chi connectivity index (χ3v) is 1.52. The van der Waals surface area contributed by atoms with Gasteiger partial charge in [0.25, 0.3) is 0 Å². The molecule has 0 unspecified atom stereocenters. The highest BCUT2D eigenvalue weighted by atomic mass is 15.3. The number of nitrogens with two attached hydrogens (primary N) is 1. The van der Waals surface area contributed by atoms with Crippen molar-refractivity contribution in [3.05, 3.63) is 23.9 Å². The Balaban J connectivity index is 2.89. The molecule has 4 heteroatoms. The summed E-state index contributed by atoms with van der Waals surface area (Å²) in [6.45, 7) is 0. The number of aromatic nitrogens is 3. The second-order valence-electron chi connectivity index (χ2n) is 2.30. The molecule has 0 bridgehead atoms.